The van der Waals surface area contributed by atoms with Crippen molar-refractivity contribution in [3.8, 4) is 143 Å². The van der Waals surface area contributed by atoms with E-state index in [0.717, 1.165) is 0 Å². The third kappa shape index (κ3) is 7.09. The predicted octanol–water partition coefficient (Wildman–Crippen LogP) is 2.22. The third-order valence-corrected chi connectivity index (χ3v) is 13.1. The van der Waals surface area contributed by atoms with Crippen LogP contribution in [0.4, 0.5) is 0 Å². The van der Waals surface area contributed by atoms with Gasteiger partial charge in [-0.2, -0.15) is 0 Å². The zero-order valence-electron chi connectivity index (χ0n) is 38.3. The van der Waals surface area contributed by atoms with Gasteiger partial charge in [0.1, 0.15) is 18.3 Å². The first-order valence-corrected chi connectivity index (χ1v) is 21.8. The second-order valence-corrected chi connectivity index (χ2v) is 17.4. The summed E-state index contributed by atoms with van der Waals surface area (Å²) in [5.74, 6) is -41.8. The van der Waals surface area contributed by atoms with E-state index in [0.29, 0.717) is 12.1 Å². The summed E-state index contributed by atoms with van der Waals surface area (Å²) in [5, 5.41) is 211. The standard InChI is InChI=1S/C48H30O31/c49-10-1-6-15(28(56)24(10)52)16-8(4-13(27(55)30(16)58)75-39-9(43(67)68)3-12(51)26(54)38(39)66)46(71)77-40-14(5-74-44(6)69)76-45(70)7-2-11(50)25(53)29(57)17(7)18-21-19(32(60)36(64)31(18)59)20-22-23(34(62)37(65)33(20)61)35(63)41(78-48(22)73)42(40)79-47(21)72/h1-4,14,35,40-42,49-66H,5H2,(H,67,68)/t14-,35+,40+,41+,42-/m0/s1. The number of fused-ring (bicyclic) bond motifs is 7. The van der Waals surface area contributed by atoms with E-state index in [-0.39, 0.29) is 12.1 Å². The number of benzene rings is 6. The topological polar surface area (TPSA) is 542 Å². The molecule has 0 unspecified atom stereocenters. The Morgan fingerprint density at radius 2 is 0.823 bits per heavy atom. The Labute approximate surface area is 432 Å². The number of hydrogen-bond acceptors (Lipinski definition) is 30. The molecule has 0 saturated heterocycles. The normalized spacial score (nSPS) is 19.1. The minimum absolute atomic E-state index is 0.249. The number of aliphatic hydroxyl groups is 1. The first kappa shape index (κ1) is 51.0. The Morgan fingerprint density at radius 3 is 1.41 bits per heavy atom. The van der Waals surface area contributed by atoms with Crippen LogP contribution in [0.5, 0.6) is 109 Å². The number of rotatable bonds is 3. The molecule has 5 atom stereocenters. The maximum Gasteiger partial charge on any atom is 0.340 e. The summed E-state index contributed by atoms with van der Waals surface area (Å²) in [4.78, 5) is 86.3. The summed E-state index contributed by atoms with van der Waals surface area (Å²) in [5.41, 5.74) is -17.4. The van der Waals surface area contributed by atoms with Crippen LogP contribution in [0, 0.1) is 0 Å². The Hall–Kier alpha value is -11.5. The van der Waals surface area contributed by atoms with Gasteiger partial charge in [-0.1, -0.05) is 0 Å². The molecule has 11 rings (SSSR count). The Bertz CT molecular complexity index is 3880. The van der Waals surface area contributed by atoms with Gasteiger partial charge in [0.05, 0.1) is 27.8 Å². The van der Waals surface area contributed by atoms with E-state index < -0.39 is 255 Å². The minimum atomic E-state index is -2.96. The first-order chi connectivity index (χ1) is 37.1. The van der Waals surface area contributed by atoms with Crippen molar-refractivity contribution in [3.05, 3.63) is 63.2 Å². The summed E-state index contributed by atoms with van der Waals surface area (Å²) >= 11 is 0. The van der Waals surface area contributed by atoms with Crippen LogP contribution < -0.4 is 4.74 Å². The SMILES string of the molecule is O=C(O)c1cc(O)c(O)c(O)c1Oc1cc2c(c(O)c1O)-c1c(cc(O)c(O)c1O)C(=O)OC[C@@H]1OC(=O)c3cc(O)c(O)c(O)c3-c3c(O)c(O)c(O)c4c3C(=O)O[C@@H]([C@@H]1OC2=O)[C@@H]1OC(=O)c2c-4c(O)c(O)c(O)c2[C@H]1O. The number of cyclic esters (lactones) is 1. The van der Waals surface area contributed by atoms with Crippen molar-refractivity contribution in [2.75, 3.05) is 6.61 Å². The van der Waals surface area contributed by atoms with Crippen molar-refractivity contribution in [3.63, 3.8) is 0 Å². The molecule has 6 bridgehead atoms. The first-order valence-electron chi connectivity index (χ1n) is 21.8. The quantitative estimate of drug-likeness (QED) is 0.0686. The fourth-order valence-corrected chi connectivity index (χ4v) is 9.45. The molecule has 79 heavy (non-hydrogen) atoms. The summed E-state index contributed by atoms with van der Waals surface area (Å²) in [6.07, 6.45) is -14.2. The smallest absolute Gasteiger partial charge is 0.340 e. The van der Waals surface area contributed by atoms with Gasteiger partial charge >= 0.3 is 35.8 Å². The van der Waals surface area contributed by atoms with E-state index in [2.05, 4.69) is 0 Å². The lowest BCUT2D eigenvalue weighted by atomic mass is 9.80. The molecule has 0 radical (unpaired) electrons. The van der Waals surface area contributed by atoms with Crippen LogP contribution >= 0.6 is 0 Å². The molecule has 0 aromatic heterocycles. The van der Waals surface area contributed by atoms with E-state index in [9.17, 15) is 116 Å². The van der Waals surface area contributed by atoms with Crippen LogP contribution in [-0.2, 0) is 23.7 Å². The zero-order chi connectivity index (χ0) is 57.6. The largest absolute Gasteiger partial charge is 0.504 e. The van der Waals surface area contributed by atoms with Gasteiger partial charge in [0, 0.05) is 51.1 Å². The van der Waals surface area contributed by atoms with Crippen LogP contribution in [0.3, 0.4) is 0 Å². The fourth-order valence-electron chi connectivity index (χ4n) is 9.45. The molecule has 5 heterocycles. The number of ether oxygens (including phenoxy) is 6. The van der Waals surface area contributed by atoms with Gasteiger partial charge in [-0.05, 0) is 12.1 Å². The van der Waals surface area contributed by atoms with Gasteiger partial charge in [0.2, 0.25) is 40.2 Å². The van der Waals surface area contributed by atoms with Crippen LogP contribution in [-0.4, -0.2) is 164 Å². The second-order valence-electron chi connectivity index (χ2n) is 17.4. The van der Waals surface area contributed by atoms with Crippen LogP contribution in [0.2, 0.25) is 0 Å². The van der Waals surface area contributed by atoms with E-state index in [1.807, 2.05) is 0 Å². The number of carbonyl (C=O) groups excluding carboxylic acids is 5. The number of aromatic hydroxyl groups is 17. The predicted molar refractivity (Wildman–Crippen MR) is 243 cm³/mol. The molecule has 31 nitrogen and oxygen atoms in total. The molecule has 0 saturated carbocycles. The van der Waals surface area contributed by atoms with E-state index in [4.69, 9.17) is 28.4 Å². The Balaban J connectivity index is 1.32. The summed E-state index contributed by atoms with van der Waals surface area (Å²) in [6, 6.07) is 1.15. The van der Waals surface area contributed by atoms with Gasteiger partial charge in [0.15, 0.2) is 93.4 Å². The highest BCUT2D eigenvalue weighted by Crippen LogP contribution is 2.62. The number of esters is 5. The molecule has 19 N–H and O–H groups in total. The maximum absolute atomic E-state index is 15.3. The monoisotopic (exact) mass is 1100 g/mol. The summed E-state index contributed by atoms with van der Waals surface area (Å²) in [6.45, 7) is -1.63. The van der Waals surface area contributed by atoms with Crippen LogP contribution in [0.15, 0.2) is 24.3 Å². The van der Waals surface area contributed by atoms with Gasteiger partial charge in [-0.15, -0.1) is 0 Å². The van der Waals surface area contributed by atoms with Crippen molar-refractivity contribution in [2.45, 2.75) is 30.5 Å². The number of carbonyl (C=O) groups is 6. The highest BCUT2D eigenvalue weighted by atomic mass is 16.6. The molecule has 5 aliphatic heterocycles. The number of aliphatic hydroxyl groups excluding tert-OH is 1. The summed E-state index contributed by atoms with van der Waals surface area (Å²) < 4.78 is 33.5. The minimum Gasteiger partial charge on any atom is -0.504 e. The van der Waals surface area contributed by atoms with Crippen molar-refractivity contribution in [2.24, 2.45) is 0 Å². The molecule has 0 amide bonds. The molecule has 408 valence electrons. The highest BCUT2D eigenvalue weighted by molar-refractivity contribution is 6.16. The molecule has 31 heteroatoms. The van der Waals surface area contributed by atoms with Gasteiger partial charge in [0.25, 0.3) is 0 Å². The molecule has 6 aromatic carbocycles. The molecule has 0 spiro atoms. The number of carboxylic acid groups (broad SMARTS) is 1. The molecule has 6 aromatic rings. The number of phenolic OH excluding ortho intramolecular Hbond substituents is 17. The average Bonchev–Trinajstić information content (AvgIpc) is 3.64. The lowest BCUT2D eigenvalue weighted by molar-refractivity contribution is -0.154. The van der Waals surface area contributed by atoms with Gasteiger partial charge in [-0.25, -0.2) is 28.8 Å². The average molecular weight is 1100 g/mol. The van der Waals surface area contributed by atoms with E-state index in [1.165, 1.54) is 0 Å². The second kappa shape index (κ2) is 17.3. The number of aromatic carboxylic acids is 1. The van der Waals surface area contributed by atoms with Crippen molar-refractivity contribution in [1.29, 1.82) is 0 Å². The van der Waals surface area contributed by atoms with Crippen LogP contribution in [0.25, 0.3) is 33.4 Å². The fraction of sp³-hybridized carbons (Fsp3) is 0.125. The lowest BCUT2D eigenvalue weighted by Crippen LogP contribution is -2.56. The highest BCUT2D eigenvalue weighted by Gasteiger charge is 2.55. The molecule has 0 aliphatic carbocycles. The Kier molecular flexibility index (Phi) is 11.2. The van der Waals surface area contributed by atoms with E-state index >= 15 is 9.59 Å². The van der Waals surface area contributed by atoms with E-state index in [1.54, 1.807) is 0 Å². The molecule has 0 fully saturated rings. The Morgan fingerprint density at radius 1 is 0.405 bits per heavy atom. The van der Waals surface area contributed by atoms with Crippen LogP contribution in [0.1, 0.15) is 73.8 Å². The maximum atomic E-state index is 15.3. The molecular weight excluding hydrogens is 1070 g/mol. The molecular formula is C48H30O31. The summed E-state index contributed by atoms with van der Waals surface area (Å²) in [7, 11) is 0. The van der Waals surface area contributed by atoms with Crippen molar-refractivity contribution in [1.82, 2.24) is 0 Å². The third-order valence-electron chi connectivity index (χ3n) is 13.1. The van der Waals surface area contributed by atoms with Crippen molar-refractivity contribution < 1.29 is 154 Å². The number of phenols is 17. The van der Waals surface area contributed by atoms with Gasteiger partial charge < -0.3 is 125 Å². The zero-order valence-corrected chi connectivity index (χ0v) is 38.3. The number of hydrogen-bond donors (Lipinski definition) is 19. The molecule has 5 aliphatic rings. The van der Waals surface area contributed by atoms with Gasteiger partial charge in [-0.3, -0.25) is 0 Å². The van der Waals surface area contributed by atoms with Crippen molar-refractivity contribution >= 4 is 35.8 Å². The lowest BCUT2D eigenvalue weighted by Gasteiger charge is -2.40. The number of carboxylic acids is 1.